The van der Waals surface area contributed by atoms with Gasteiger partial charge in [0.05, 0.1) is 17.4 Å². The molecule has 1 aromatic carbocycles. The van der Waals surface area contributed by atoms with Crippen LogP contribution in [0.25, 0.3) is 16.6 Å². The maximum atomic E-state index is 4.48. The van der Waals surface area contributed by atoms with Crippen molar-refractivity contribution in [2.24, 2.45) is 0 Å². The molecule has 96 valence electrons. The van der Waals surface area contributed by atoms with Crippen LogP contribution in [0.5, 0.6) is 0 Å². The summed E-state index contributed by atoms with van der Waals surface area (Å²) < 4.78 is 2.01. The first kappa shape index (κ1) is 11.7. The minimum Gasteiger partial charge on any atom is -0.353 e. The maximum Gasteiger partial charge on any atom is 0.207 e. The smallest absolute Gasteiger partial charge is 0.207 e. The van der Waals surface area contributed by atoms with Gasteiger partial charge in [0.1, 0.15) is 0 Å². The number of anilines is 1. The Balaban J connectivity index is 2.06. The van der Waals surface area contributed by atoms with Gasteiger partial charge in [-0.05, 0) is 26.0 Å². The zero-order valence-electron chi connectivity index (χ0n) is 11.0. The van der Waals surface area contributed by atoms with Crippen LogP contribution in [0.1, 0.15) is 13.8 Å². The van der Waals surface area contributed by atoms with Gasteiger partial charge in [0, 0.05) is 23.8 Å². The van der Waals surface area contributed by atoms with Crippen LogP contribution in [-0.2, 0) is 0 Å². The molecule has 1 N–H and O–H groups in total. The summed E-state index contributed by atoms with van der Waals surface area (Å²) >= 11 is 0. The molecule has 0 aliphatic rings. The van der Waals surface area contributed by atoms with E-state index in [0.29, 0.717) is 6.04 Å². The predicted molar refractivity (Wildman–Crippen MR) is 77.6 cm³/mol. The average Bonchev–Trinajstić information content (AvgIpc) is 2.85. The highest BCUT2D eigenvalue weighted by Crippen LogP contribution is 2.19. The number of para-hydroxylation sites is 1. The van der Waals surface area contributed by atoms with Gasteiger partial charge in [-0.2, -0.15) is 0 Å². The van der Waals surface area contributed by atoms with E-state index in [1.54, 1.807) is 6.20 Å². The van der Waals surface area contributed by atoms with Crippen LogP contribution < -0.4 is 5.32 Å². The van der Waals surface area contributed by atoms with E-state index in [0.717, 1.165) is 22.5 Å². The number of rotatable bonds is 3. The quantitative estimate of drug-likeness (QED) is 0.778. The van der Waals surface area contributed by atoms with E-state index in [9.17, 15) is 0 Å². The molecule has 0 atom stereocenters. The molecule has 0 bridgehead atoms. The Morgan fingerprint density at radius 2 is 2.00 bits per heavy atom. The minimum absolute atomic E-state index is 0.342. The van der Waals surface area contributed by atoms with Gasteiger partial charge in [0.2, 0.25) is 5.95 Å². The third kappa shape index (κ3) is 2.29. The Kier molecular flexibility index (Phi) is 2.91. The number of hydrogen-bond donors (Lipinski definition) is 1. The van der Waals surface area contributed by atoms with Gasteiger partial charge in [-0.25, -0.2) is 4.98 Å². The number of nitrogens with zero attached hydrogens (tertiary/aromatic N) is 3. The topological polar surface area (TPSA) is 42.7 Å². The number of imidazole rings is 1. The summed E-state index contributed by atoms with van der Waals surface area (Å²) in [4.78, 5) is 8.82. The number of fused-ring (bicyclic) bond motifs is 1. The summed E-state index contributed by atoms with van der Waals surface area (Å²) in [5.41, 5.74) is 2.02. The lowest BCUT2D eigenvalue weighted by Crippen LogP contribution is -2.13. The Morgan fingerprint density at radius 1 is 1.16 bits per heavy atom. The van der Waals surface area contributed by atoms with Crippen LogP contribution in [0.3, 0.4) is 0 Å². The highest BCUT2D eigenvalue weighted by atomic mass is 15.2. The Bertz CT molecular complexity index is 700. The fourth-order valence-corrected chi connectivity index (χ4v) is 2.07. The molecule has 0 fully saturated rings. The van der Waals surface area contributed by atoms with Gasteiger partial charge in [-0.1, -0.05) is 18.2 Å². The normalized spacial score (nSPS) is 11.1. The van der Waals surface area contributed by atoms with E-state index in [2.05, 4.69) is 41.3 Å². The van der Waals surface area contributed by atoms with Crippen molar-refractivity contribution >= 4 is 16.9 Å². The van der Waals surface area contributed by atoms with Crippen molar-refractivity contribution in [3.8, 4) is 5.69 Å². The summed E-state index contributed by atoms with van der Waals surface area (Å²) in [5.74, 6) is 0.840. The number of hydrogen-bond acceptors (Lipinski definition) is 3. The van der Waals surface area contributed by atoms with Crippen molar-refractivity contribution in [2.45, 2.75) is 19.9 Å². The lowest BCUT2D eigenvalue weighted by molar-refractivity contribution is 0.863. The molecule has 0 unspecified atom stereocenters. The lowest BCUT2D eigenvalue weighted by atomic mass is 10.2. The first-order valence-corrected chi connectivity index (χ1v) is 6.39. The zero-order chi connectivity index (χ0) is 13.2. The van der Waals surface area contributed by atoms with E-state index in [1.165, 1.54) is 0 Å². The monoisotopic (exact) mass is 252 g/mol. The largest absolute Gasteiger partial charge is 0.353 e. The molecular formula is C15H16N4. The van der Waals surface area contributed by atoms with Crippen molar-refractivity contribution in [3.05, 3.63) is 48.9 Å². The predicted octanol–water partition coefficient (Wildman–Crippen LogP) is 3.24. The van der Waals surface area contributed by atoms with Crippen molar-refractivity contribution in [2.75, 3.05) is 5.32 Å². The van der Waals surface area contributed by atoms with Crippen LogP contribution in [-0.4, -0.2) is 20.6 Å². The van der Waals surface area contributed by atoms with E-state index < -0.39 is 0 Å². The van der Waals surface area contributed by atoms with E-state index >= 15 is 0 Å². The Labute approximate surface area is 112 Å². The van der Waals surface area contributed by atoms with Crippen molar-refractivity contribution in [3.63, 3.8) is 0 Å². The summed E-state index contributed by atoms with van der Waals surface area (Å²) in [6, 6.07) is 10.6. The molecule has 0 aliphatic heterocycles. The molecule has 4 nitrogen and oxygen atoms in total. The second-order valence-corrected chi connectivity index (χ2v) is 4.81. The minimum atomic E-state index is 0.342. The second-order valence-electron chi connectivity index (χ2n) is 4.81. The molecule has 4 heteroatoms. The maximum absolute atomic E-state index is 4.48. The number of pyridine rings is 1. The molecule has 19 heavy (non-hydrogen) atoms. The van der Waals surface area contributed by atoms with Crippen molar-refractivity contribution in [1.29, 1.82) is 0 Å². The van der Waals surface area contributed by atoms with Gasteiger partial charge in [-0.15, -0.1) is 0 Å². The molecule has 3 aromatic rings. The first-order valence-electron chi connectivity index (χ1n) is 6.39. The summed E-state index contributed by atoms with van der Waals surface area (Å²) in [6.45, 7) is 4.19. The molecule has 3 rings (SSSR count). The highest BCUT2D eigenvalue weighted by Gasteiger charge is 2.06. The van der Waals surface area contributed by atoms with Gasteiger partial charge >= 0.3 is 0 Å². The third-order valence-corrected chi connectivity index (χ3v) is 2.91. The molecule has 0 aliphatic carbocycles. The summed E-state index contributed by atoms with van der Waals surface area (Å²) in [6.07, 6.45) is 5.60. The molecule has 0 amide bonds. The number of nitrogens with one attached hydrogen (secondary N) is 1. The fourth-order valence-electron chi connectivity index (χ4n) is 2.07. The molecule has 0 radical (unpaired) electrons. The molecular weight excluding hydrogens is 236 g/mol. The van der Waals surface area contributed by atoms with Crippen molar-refractivity contribution in [1.82, 2.24) is 14.5 Å². The lowest BCUT2D eigenvalue weighted by Gasteiger charge is -2.12. The van der Waals surface area contributed by atoms with E-state index in [4.69, 9.17) is 0 Å². The summed E-state index contributed by atoms with van der Waals surface area (Å²) in [7, 11) is 0. The average molecular weight is 252 g/mol. The first-order chi connectivity index (χ1) is 9.24. The van der Waals surface area contributed by atoms with Crippen LogP contribution >= 0.6 is 0 Å². The zero-order valence-corrected chi connectivity index (χ0v) is 11.0. The molecule has 0 saturated carbocycles. The van der Waals surface area contributed by atoms with Gasteiger partial charge < -0.3 is 5.32 Å². The highest BCUT2D eigenvalue weighted by molar-refractivity contribution is 5.80. The second kappa shape index (κ2) is 4.72. The Morgan fingerprint density at radius 3 is 2.84 bits per heavy atom. The summed E-state index contributed by atoms with van der Waals surface area (Å²) in [5, 5.41) is 4.45. The molecule has 2 aromatic heterocycles. The van der Waals surface area contributed by atoms with Crippen LogP contribution in [0.4, 0.5) is 5.95 Å². The van der Waals surface area contributed by atoms with Crippen LogP contribution in [0, 0.1) is 0 Å². The molecule has 0 saturated heterocycles. The number of aromatic nitrogens is 3. The van der Waals surface area contributed by atoms with E-state index in [1.807, 2.05) is 35.2 Å². The fraction of sp³-hybridized carbons (Fsp3) is 0.200. The van der Waals surface area contributed by atoms with Crippen LogP contribution in [0.15, 0.2) is 48.9 Å². The standard InChI is InChI=1S/C15H16N4/c1-11(2)18-15-16-7-8-19(15)13-9-12-5-3-4-6-14(12)17-10-13/h3-11H,1-2H3,(H,16,18). The van der Waals surface area contributed by atoms with Crippen molar-refractivity contribution < 1.29 is 0 Å². The van der Waals surface area contributed by atoms with E-state index in [-0.39, 0.29) is 0 Å². The molecule has 0 spiro atoms. The van der Waals surface area contributed by atoms with Crippen LogP contribution in [0.2, 0.25) is 0 Å². The SMILES string of the molecule is CC(C)Nc1nccn1-c1cnc2ccccc2c1. The molecule has 2 heterocycles. The number of benzene rings is 1. The van der Waals surface area contributed by atoms with Gasteiger partial charge in [0.15, 0.2) is 0 Å². The third-order valence-electron chi connectivity index (χ3n) is 2.91. The van der Waals surface area contributed by atoms with Gasteiger partial charge in [0.25, 0.3) is 0 Å². The van der Waals surface area contributed by atoms with Gasteiger partial charge in [-0.3, -0.25) is 9.55 Å². The Hall–Kier alpha value is -2.36.